The number of nitrogens with one attached hydrogen (secondary N) is 1. The van der Waals surface area contributed by atoms with Crippen LogP contribution in [-0.2, 0) is 11.3 Å². The quantitative estimate of drug-likeness (QED) is 0.779. The fourth-order valence-electron chi connectivity index (χ4n) is 2.19. The van der Waals surface area contributed by atoms with Gasteiger partial charge in [-0.1, -0.05) is 37.6 Å². The van der Waals surface area contributed by atoms with Crippen molar-refractivity contribution in [3.63, 3.8) is 0 Å². The van der Waals surface area contributed by atoms with Crippen molar-refractivity contribution in [3.8, 4) is 0 Å². The Labute approximate surface area is 136 Å². The number of nitrogens with zero attached hydrogens (tertiary/aromatic N) is 2. The van der Waals surface area contributed by atoms with Crippen LogP contribution in [0.25, 0.3) is 6.20 Å². The topological polar surface area (TPSA) is 39.1 Å². The maximum Gasteiger partial charge on any atom is 0.0987 e. The van der Waals surface area contributed by atoms with Crippen molar-refractivity contribution in [1.82, 2.24) is 15.0 Å². The summed E-state index contributed by atoms with van der Waals surface area (Å²) in [6.07, 6.45) is 8.27. The molecule has 0 saturated heterocycles. The number of imidazole rings is 1. The number of allylic oxidation sites excluding steroid dienone is 1. The number of hydrogen-bond acceptors (Lipinski definition) is 3. The van der Waals surface area contributed by atoms with Crippen LogP contribution in [0.3, 0.4) is 0 Å². The second kappa shape index (κ2) is 7.47. The summed E-state index contributed by atoms with van der Waals surface area (Å²) in [4.78, 5) is 9.48. The zero-order valence-corrected chi connectivity index (χ0v) is 14.0. The molecule has 0 aliphatic heterocycles. The van der Waals surface area contributed by atoms with Crippen molar-refractivity contribution < 1.29 is 4.84 Å². The Hall–Kier alpha value is -1.78. The van der Waals surface area contributed by atoms with Gasteiger partial charge < -0.3 is 4.57 Å². The predicted octanol–water partition coefficient (Wildman–Crippen LogP) is 4.14. The molecule has 2 aromatic rings. The van der Waals surface area contributed by atoms with Crippen LogP contribution in [0.5, 0.6) is 0 Å². The van der Waals surface area contributed by atoms with Gasteiger partial charge in [0.15, 0.2) is 0 Å². The second-order valence-electron chi connectivity index (χ2n) is 5.77. The molecule has 0 bridgehead atoms. The third-order valence-corrected chi connectivity index (χ3v) is 3.67. The average molecular weight is 320 g/mol. The molecule has 0 spiro atoms. The molecule has 0 amide bonds. The molecule has 22 heavy (non-hydrogen) atoms. The minimum absolute atomic E-state index is 0.132. The first-order chi connectivity index (χ1) is 10.5. The Morgan fingerprint density at radius 1 is 1.36 bits per heavy atom. The van der Waals surface area contributed by atoms with Crippen LogP contribution in [0.2, 0.25) is 5.02 Å². The molecule has 118 valence electrons. The van der Waals surface area contributed by atoms with Gasteiger partial charge in [-0.05, 0) is 31.0 Å². The first kappa shape index (κ1) is 16.6. The summed E-state index contributed by atoms with van der Waals surface area (Å²) in [6.45, 7) is 6.90. The van der Waals surface area contributed by atoms with E-state index < -0.39 is 0 Å². The van der Waals surface area contributed by atoms with E-state index in [2.05, 4.69) is 36.4 Å². The highest BCUT2D eigenvalue weighted by Crippen LogP contribution is 2.30. The van der Waals surface area contributed by atoms with Gasteiger partial charge in [-0.15, -0.1) is 0 Å². The molecule has 0 radical (unpaired) electrons. The molecule has 1 N–H and O–H groups in total. The van der Waals surface area contributed by atoms with Gasteiger partial charge >= 0.3 is 0 Å². The van der Waals surface area contributed by atoms with Crippen molar-refractivity contribution in [3.05, 3.63) is 59.3 Å². The zero-order valence-electron chi connectivity index (χ0n) is 13.2. The van der Waals surface area contributed by atoms with Crippen LogP contribution in [0.1, 0.15) is 26.3 Å². The van der Waals surface area contributed by atoms with Crippen LogP contribution in [0, 0.1) is 5.41 Å². The normalized spacial score (nSPS) is 12.5. The molecule has 0 aliphatic carbocycles. The number of hydrogen-bond donors (Lipinski definition) is 1. The highest BCUT2D eigenvalue weighted by atomic mass is 35.5. The van der Waals surface area contributed by atoms with Crippen molar-refractivity contribution in [2.45, 2.75) is 27.2 Å². The van der Waals surface area contributed by atoms with E-state index in [0.29, 0.717) is 6.61 Å². The molecule has 0 saturated carbocycles. The van der Waals surface area contributed by atoms with Gasteiger partial charge in [0.2, 0.25) is 0 Å². The van der Waals surface area contributed by atoms with Gasteiger partial charge in [0.05, 0.1) is 18.6 Å². The van der Waals surface area contributed by atoms with Gasteiger partial charge in [-0.2, -0.15) is 0 Å². The van der Waals surface area contributed by atoms with Gasteiger partial charge in [0.25, 0.3) is 0 Å². The molecule has 0 aliphatic rings. The molecule has 5 heteroatoms. The average Bonchev–Trinajstić information content (AvgIpc) is 2.98. The minimum Gasteiger partial charge on any atom is -0.311 e. The van der Waals surface area contributed by atoms with Gasteiger partial charge in [-0.3, -0.25) is 10.3 Å². The monoisotopic (exact) mass is 319 g/mol. The number of hydroxylamine groups is 1. The van der Waals surface area contributed by atoms with E-state index in [4.69, 9.17) is 16.4 Å². The lowest BCUT2D eigenvalue weighted by Crippen LogP contribution is -2.29. The van der Waals surface area contributed by atoms with Crippen LogP contribution in [0.15, 0.2) is 48.7 Å². The molecule has 0 unspecified atom stereocenters. The van der Waals surface area contributed by atoms with Crippen molar-refractivity contribution >= 4 is 17.8 Å². The lowest BCUT2D eigenvalue weighted by atomic mass is 9.83. The SMILES string of the molecule is CCONC(=Cn1ccnc1)C(C)(C)Cc1ccc(Cl)cc1. The molecule has 0 atom stereocenters. The van der Waals surface area contributed by atoms with Crippen molar-refractivity contribution in [2.24, 2.45) is 5.41 Å². The number of halogens is 1. The van der Waals surface area contributed by atoms with Crippen LogP contribution >= 0.6 is 11.6 Å². The first-order valence-corrected chi connectivity index (χ1v) is 7.71. The third-order valence-electron chi connectivity index (χ3n) is 3.42. The van der Waals surface area contributed by atoms with Gasteiger partial charge in [-0.25, -0.2) is 4.98 Å². The predicted molar refractivity (Wildman–Crippen MR) is 90.2 cm³/mol. The van der Waals surface area contributed by atoms with Crippen LogP contribution in [0.4, 0.5) is 0 Å². The van der Waals surface area contributed by atoms with Gasteiger partial charge in [0.1, 0.15) is 0 Å². The summed E-state index contributed by atoms with van der Waals surface area (Å²) in [5.74, 6) is 0. The van der Waals surface area contributed by atoms with Crippen LogP contribution in [-0.4, -0.2) is 16.2 Å². The summed E-state index contributed by atoms with van der Waals surface area (Å²) in [6, 6.07) is 7.95. The first-order valence-electron chi connectivity index (χ1n) is 7.33. The van der Waals surface area contributed by atoms with Crippen molar-refractivity contribution in [2.75, 3.05) is 6.61 Å². The summed E-state index contributed by atoms with van der Waals surface area (Å²) in [5, 5.41) is 0.753. The summed E-state index contributed by atoms with van der Waals surface area (Å²) in [7, 11) is 0. The van der Waals surface area contributed by atoms with Gasteiger partial charge in [0, 0.05) is 29.0 Å². The van der Waals surface area contributed by atoms with E-state index in [1.807, 2.05) is 36.0 Å². The fourth-order valence-corrected chi connectivity index (χ4v) is 2.32. The Kier molecular flexibility index (Phi) is 5.63. The molecule has 4 nitrogen and oxygen atoms in total. The lowest BCUT2D eigenvalue weighted by molar-refractivity contribution is 0.0589. The Morgan fingerprint density at radius 3 is 2.68 bits per heavy atom. The van der Waals surface area contributed by atoms with E-state index >= 15 is 0 Å². The van der Waals surface area contributed by atoms with E-state index in [-0.39, 0.29) is 5.41 Å². The minimum atomic E-state index is -0.132. The van der Waals surface area contributed by atoms with Crippen molar-refractivity contribution in [1.29, 1.82) is 0 Å². The maximum absolute atomic E-state index is 5.95. The zero-order chi connectivity index (χ0) is 16.0. The van der Waals surface area contributed by atoms with E-state index in [1.165, 1.54) is 5.56 Å². The number of rotatable bonds is 7. The molecule has 1 heterocycles. The fraction of sp³-hybridized carbons (Fsp3) is 0.353. The second-order valence-corrected chi connectivity index (χ2v) is 6.21. The molecule has 1 aromatic carbocycles. The largest absolute Gasteiger partial charge is 0.311 e. The lowest BCUT2D eigenvalue weighted by Gasteiger charge is -2.28. The third kappa shape index (κ3) is 4.61. The molecular formula is C17H22ClN3O. The summed E-state index contributed by atoms with van der Waals surface area (Å²) >= 11 is 5.95. The summed E-state index contributed by atoms with van der Waals surface area (Å²) < 4.78 is 1.91. The van der Waals surface area contributed by atoms with E-state index in [9.17, 15) is 0 Å². The highest BCUT2D eigenvalue weighted by molar-refractivity contribution is 6.30. The van der Waals surface area contributed by atoms with E-state index in [1.54, 1.807) is 12.5 Å². The molecule has 1 aromatic heterocycles. The smallest absolute Gasteiger partial charge is 0.0987 e. The number of benzene rings is 1. The maximum atomic E-state index is 5.95. The van der Waals surface area contributed by atoms with Crippen LogP contribution < -0.4 is 5.48 Å². The Balaban J connectivity index is 2.21. The molecule has 2 rings (SSSR count). The standard InChI is InChI=1S/C17H22ClN3O/c1-4-22-20-16(12-21-10-9-19-13-21)17(2,3)11-14-5-7-15(18)8-6-14/h5-10,12-13,20H,4,11H2,1-3H3. The Morgan fingerprint density at radius 2 is 2.09 bits per heavy atom. The highest BCUT2D eigenvalue weighted by Gasteiger charge is 2.24. The molecular weight excluding hydrogens is 298 g/mol. The number of aromatic nitrogens is 2. The molecule has 0 fully saturated rings. The summed E-state index contributed by atoms with van der Waals surface area (Å²) in [5.41, 5.74) is 5.15. The van der Waals surface area contributed by atoms with E-state index in [0.717, 1.165) is 17.1 Å². The Bertz CT molecular complexity index is 603.